The van der Waals surface area contributed by atoms with Crippen LogP contribution in [-0.2, 0) is 11.2 Å². The molecule has 22 heavy (non-hydrogen) atoms. The van der Waals surface area contributed by atoms with Gasteiger partial charge in [0.05, 0.1) is 0 Å². The van der Waals surface area contributed by atoms with E-state index in [1.165, 1.54) is 5.56 Å². The van der Waals surface area contributed by atoms with Crippen molar-refractivity contribution in [2.45, 2.75) is 20.3 Å². The number of rotatable bonds is 6. The van der Waals surface area contributed by atoms with Crippen molar-refractivity contribution >= 4 is 5.91 Å². The third-order valence-corrected chi connectivity index (χ3v) is 3.56. The predicted molar refractivity (Wildman–Crippen MR) is 86.2 cm³/mol. The second-order valence-corrected chi connectivity index (χ2v) is 5.26. The summed E-state index contributed by atoms with van der Waals surface area (Å²) in [7, 11) is 0. The van der Waals surface area contributed by atoms with Crippen LogP contribution in [-0.4, -0.2) is 24.2 Å². The van der Waals surface area contributed by atoms with Crippen molar-refractivity contribution < 1.29 is 14.6 Å². The van der Waals surface area contributed by atoms with Gasteiger partial charge < -0.3 is 15.2 Å². The Bertz CT molecular complexity index is 653. The van der Waals surface area contributed by atoms with E-state index in [2.05, 4.69) is 5.32 Å². The Morgan fingerprint density at radius 3 is 2.64 bits per heavy atom. The van der Waals surface area contributed by atoms with E-state index in [0.29, 0.717) is 18.7 Å². The molecule has 0 aromatic heterocycles. The van der Waals surface area contributed by atoms with Crippen LogP contribution in [0.5, 0.6) is 11.5 Å². The maximum atomic E-state index is 11.7. The summed E-state index contributed by atoms with van der Waals surface area (Å²) in [6.07, 6.45) is 0.585. The molecule has 4 nitrogen and oxygen atoms in total. The summed E-state index contributed by atoms with van der Waals surface area (Å²) in [5.74, 6) is 0.774. The fraction of sp³-hybridized carbons (Fsp3) is 0.278. The molecule has 2 rings (SSSR count). The molecule has 0 saturated carbocycles. The first-order chi connectivity index (χ1) is 10.6. The van der Waals surface area contributed by atoms with Crippen LogP contribution >= 0.6 is 0 Å². The van der Waals surface area contributed by atoms with Crippen LogP contribution in [0.4, 0.5) is 0 Å². The first kappa shape index (κ1) is 15.9. The standard InChI is InChI=1S/C18H21NO3/c1-13-7-8-16(11-14(13)2)22-12-18(21)19-10-9-15-5-3-4-6-17(15)20/h3-8,11,20H,9-10,12H2,1-2H3,(H,19,21). The number of benzene rings is 2. The topological polar surface area (TPSA) is 58.6 Å². The average Bonchev–Trinajstić information content (AvgIpc) is 2.50. The summed E-state index contributed by atoms with van der Waals surface area (Å²) in [6, 6.07) is 12.9. The number of hydrogen-bond donors (Lipinski definition) is 2. The van der Waals surface area contributed by atoms with Gasteiger partial charge >= 0.3 is 0 Å². The van der Waals surface area contributed by atoms with Crippen LogP contribution in [0.15, 0.2) is 42.5 Å². The minimum absolute atomic E-state index is 0.0106. The lowest BCUT2D eigenvalue weighted by Crippen LogP contribution is -2.30. The Balaban J connectivity index is 1.74. The molecule has 2 N–H and O–H groups in total. The van der Waals surface area contributed by atoms with Gasteiger partial charge in [0, 0.05) is 6.54 Å². The zero-order chi connectivity index (χ0) is 15.9. The molecule has 116 valence electrons. The summed E-state index contributed by atoms with van der Waals surface area (Å²) in [5.41, 5.74) is 3.15. The molecule has 4 heteroatoms. The Kier molecular flexibility index (Phi) is 5.42. The molecule has 0 fully saturated rings. The van der Waals surface area contributed by atoms with E-state index in [0.717, 1.165) is 11.1 Å². The first-order valence-corrected chi connectivity index (χ1v) is 7.30. The molecule has 0 aliphatic carbocycles. The van der Waals surface area contributed by atoms with Crippen LogP contribution in [0.25, 0.3) is 0 Å². The molecule has 0 aliphatic rings. The largest absolute Gasteiger partial charge is 0.508 e. The van der Waals surface area contributed by atoms with E-state index >= 15 is 0 Å². The highest BCUT2D eigenvalue weighted by atomic mass is 16.5. The Labute approximate surface area is 130 Å². The van der Waals surface area contributed by atoms with Gasteiger partial charge in [0.2, 0.25) is 0 Å². The maximum absolute atomic E-state index is 11.7. The Morgan fingerprint density at radius 1 is 1.14 bits per heavy atom. The van der Waals surface area contributed by atoms with Crippen molar-refractivity contribution in [3.05, 3.63) is 59.2 Å². The highest BCUT2D eigenvalue weighted by molar-refractivity contribution is 5.77. The van der Waals surface area contributed by atoms with E-state index in [1.54, 1.807) is 12.1 Å². The molecular weight excluding hydrogens is 278 g/mol. The molecule has 2 aromatic carbocycles. The van der Waals surface area contributed by atoms with Crippen LogP contribution in [0, 0.1) is 13.8 Å². The van der Waals surface area contributed by atoms with E-state index < -0.39 is 0 Å². The summed E-state index contributed by atoms with van der Waals surface area (Å²) in [4.78, 5) is 11.7. The van der Waals surface area contributed by atoms with Gasteiger partial charge in [-0.3, -0.25) is 4.79 Å². The van der Waals surface area contributed by atoms with E-state index in [4.69, 9.17) is 4.74 Å². The van der Waals surface area contributed by atoms with Crippen LogP contribution in [0.2, 0.25) is 0 Å². The second-order valence-electron chi connectivity index (χ2n) is 5.26. The SMILES string of the molecule is Cc1ccc(OCC(=O)NCCc2ccccc2O)cc1C. The molecule has 0 unspecified atom stereocenters. The van der Waals surface area contributed by atoms with Gasteiger partial charge in [0.1, 0.15) is 11.5 Å². The van der Waals surface area contributed by atoms with E-state index in [1.807, 2.05) is 44.2 Å². The van der Waals surface area contributed by atoms with Gasteiger partial charge in [-0.15, -0.1) is 0 Å². The smallest absolute Gasteiger partial charge is 0.257 e. The number of phenolic OH excluding ortho intramolecular Hbond substituents is 1. The summed E-state index contributed by atoms with van der Waals surface area (Å²) in [6.45, 7) is 4.50. The average molecular weight is 299 g/mol. The van der Waals surface area contributed by atoms with Crippen LogP contribution in [0.3, 0.4) is 0 Å². The number of ether oxygens (including phenoxy) is 1. The van der Waals surface area contributed by atoms with Gasteiger partial charge in [-0.2, -0.15) is 0 Å². The summed E-state index contributed by atoms with van der Waals surface area (Å²) < 4.78 is 5.47. The zero-order valence-electron chi connectivity index (χ0n) is 12.9. The monoisotopic (exact) mass is 299 g/mol. The molecule has 0 atom stereocenters. The van der Waals surface area contributed by atoms with E-state index in [-0.39, 0.29) is 18.3 Å². The van der Waals surface area contributed by atoms with Crippen molar-refractivity contribution in [2.75, 3.05) is 13.2 Å². The number of phenols is 1. The quantitative estimate of drug-likeness (QED) is 0.862. The lowest BCUT2D eigenvalue weighted by atomic mass is 10.1. The number of nitrogens with one attached hydrogen (secondary N) is 1. The highest BCUT2D eigenvalue weighted by Gasteiger charge is 2.05. The molecule has 0 aliphatic heterocycles. The van der Waals surface area contributed by atoms with Crippen LogP contribution in [0.1, 0.15) is 16.7 Å². The fourth-order valence-corrected chi connectivity index (χ4v) is 2.06. The molecule has 0 spiro atoms. The number of amides is 1. The molecule has 0 heterocycles. The van der Waals surface area contributed by atoms with Crippen molar-refractivity contribution in [3.63, 3.8) is 0 Å². The summed E-state index contributed by atoms with van der Waals surface area (Å²) >= 11 is 0. The predicted octanol–water partition coefficient (Wildman–Crippen LogP) is 2.75. The minimum atomic E-state index is -0.173. The third-order valence-electron chi connectivity index (χ3n) is 3.56. The van der Waals surface area contributed by atoms with Crippen molar-refractivity contribution in [1.29, 1.82) is 0 Å². The minimum Gasteiger partial charge on any atom is -0.508 e. The molecule has 2 aromatic rings. The first-order valence-electron chi connectivity index (χ1n) is 7.30. The molecular formula is C18H21NO3. The fourth-order valence-electron chi connectivity index (χ4n) is 2.06. The van der Waals surface area contributed by atoms with Crippen LogP contribution < -0.4 is 10.1 Å². The highest BCUT2D eigenvalue weighted by Crippen LogP contribution is 2.16. The van der Waals surface area contributed by atoms with Gasteiger partial charge in [-0.1, -0.05) is 24.3 Å². The molecule has 0 bridgehead atoms. The number of aryl methyl sites for hydroxylation is 2. The number of carbonyl (C=O) groups excluding carboxylic acids is 1. The number of carbonyl (C=O) groups is 1. The number of aromatic hydroxyl groups is 1. The van der Waals surface area contributed by atoms with Crippen molar-refractivity contribution in [3.8, 4) is 11.5 Å². The molecule has 1 amide bonds. The van der Waals surface area contributed by atoms with Gasteiger partial charge in [-0.25, -0.2) is 0 Å². The number of para-hydroxylation sites is 1. The maximum Gasteiger partial charge on any atom is 0.257 e. The van der Waals surface area contributed by atoms with Gasteiger partial charge in [0.15, 0.2) is 6.61 Å². The Morgan fingerprint density at radius 2 is 1.91 bits per heavy atom. The Hall–Kier alpha value is -2.49. The molecule has 0 saturated heterocycles. The van der Waals surface area contributed by atoms with Crippen molar-refractivity contribution in [2.24, 2.45) is 0 Å². The lowest BCUT2D eigenvalue weighted by molar-refractivity contribution is -0.123. The lowest BCUT2D eigenvalue weighted by Gasteiger charge is -2.09. The third kappa shape index (κ3) is 4.52. The van der Waals surface area contributed by atoms with Crippen molar-refractivity contribution in [1.82, 2.24) is 5.32 Å². The normalized spacial score (nSPS) is 10.3. The zero-order valence-corrected chi connectivity index (χ0v) is 12.9. The van der Waals surface area contributed by atoms with E-state index in [9.17, 15) is 9.90 Å². The van der Waals surface area contributed by atoms with Gasteiger partial charge in [-0.05, 0) is 55.2 Å². The second kappa shape index (κ2) is 7.50. The molecule has 0 radical (unpaired) electrons. The van der Waals surface area contributed by atoms with Gasteiger partial charge in [0.25, 0.3) is 5.91 Å². The number of hydrogen-bond acceptors (Lipinski definition) is 3. The summed E-state index contributed by atoms with van der Waals surface area (Å²) in [5, 5.41) is 12.4.